The molecule has 0 saturated heterocycles. The quantitative estimate of drug-likeness (QED) is 0.849. The molecule has 1 atom stereocenters. The Labute approximate surface area is 105 Å². The molecule has 0 heterocycles. The predicted octanol–water partition coefficient (Wildman–Crippen LogP) is 3.35. The summed E-state index contributed by atoms with van der Waals surface area (Å²) < 4.78 is 5.80. The van der Waals surface area contributed by atoms with E-state index in [4.69, 9.17) is 10.5 Å². The summed E-state index contributed by atoms with van der Waals surface area (Å²) in [5.74, 6) is 1.47. The Hall–Kier alpha value is -1.02. The number of rotatable bonds is 5. The topological polar surface area (TPSA) is 35.2 Å². The van der Waals surface area contributed by atoms with Crippen LogP contribution in [0.25, 0.3) is 0 Å². The van der Waals surface area contributed by atoms with E-state index in [-0.39, 0.29) is 5.41 Å². The van der Waals surface area contributed by atoms with Gasteiger partial charge in [-0.25, -0.2) is 0 Å². The minimum Gasteiger partial charge on any atom is -0.493 e. The van der Waals surface area contributed by atoms with Gasteiger partial charge in [-0.1, -0.05) is 39.8 Å². The number of hydrogen-bond donors (Lipinski definition) is 1. The summed E-state index contributed by atoms with van der Waals surface area (Å²) >= 11 is 0. The lowest BCUT2D eigenvalue weighted by atomic mass is 9.87. The van der Waals surface area contributed by atoms with Gasteiger partial charge in [0.05, 0.1) is 6.61 Å². The van der Waals surface area contributed by atoms with Crippen LogP contribution in [0.1, 0.15) is 39.7 Å². The molecule has 96 valence electrons. The van der Waals surface area contributed by atoms with Gasteiger partial charge in [-0.3, -0.25) is 0 Å². The van der Waals surface area contributed by atoms with Gasteiger partial charge < -0.3 is 10.5 Å². The molecule has 0 aliphatic heterocycles. The summed E-state index contributed by atoms with van der Waals surface area (Å²) in [6.07, 6.45) is 1.01. The first-order chi connectivity index (χ1) is 7.93. The highest BCUT2D eigenvalue weighted by molar-refractivity contribution is 5.32. The van der Waals surface area contributed by atoms with Gasteiger partial charge in [0.25, 0.3) is 0 Å². The number of hydrogen-bond acceptors (Lipinski definition) is 2. The molecule has 0 amide bonds. The number of benzene rings is 1. The van der Waals surface area contributed by atoms with Crippen molar-refractivity contribution >= 4 is 0 Å². The standard InChI is InChI=1S/C15H25NO/c1-12(8-9-16)11-17-14-7-5-6-13(10-14)15(2,3)4/h5-7,10,12H,8-9,11,16H2,1-4H3. The molecule has 0 spiro atoms. The van der Waals surface area contributed by atoms with E-state index < -0.39 is 0 Å². The van der Waals surface area contributed by atoms with Crippen LogP contribution in [0, 0.1) is 5.92 Å². The third-order valence-electron chi connectivity index (χ3n) is 2.89. The van der Waals surface area contributed by atoms with Crippen molar-refractivity contribution in [1.29, 1.82) is 0 Å². The maximum Gasteiger partial charge on any atom is 0.119 e. The van der Waals surface area contributed by atoms with Crippen LogP contribution in [0.4, 0.5) is 0 Å². The third kappa shape index (κ3) is 4.78. The van der Waals surface area contributed by atoms with Crippen LogP contribution in [0.2, 0.25) is 0 Å². The molecule has 2 N–H and O–H groups in total. The third-order valence-corrected chi connectivity index (χ3v) is 2.89. The molecule has 0 aromatic heterocycles. The Morgan fingerprint density at radius 2 is 2.00 bits per heavy atom. The Kier molecular flexibility index (Phi) is 5.01. The van der Waals surface area contributed by atoms with E-state index in [1.54, 1.807) is 0 Å². The van der Waals surface area contributed by atoms with Gasteiger partial charge in [-0.2, -0.15) is 0 Å². The molecule has 0 aliphatic carbocycles. The van der Waals surface area contributed by atoms with Crippen molar-refractivity contribution in [3.05, 3.63) is 29.8 Å². The fourth-order valence-electron chi connectivity index (χ4n) is 1.66. The minimum absolute atomic E-state index is 0.169. The minimum atomic E-state index is 0.169. The van der Waals surface area contributed by atoms with E-state index in [0.717, 1.165) is 25.3 Å². The zero-order valence-electron chi connectivity index (χ0n) is 11.5. The number of nitrogens with two attached hydrogens (primary N) is 1. The van der Waals surface area contributed by atoms with Gasteiger partial charge in [0.15, 0.2) is 0 Å². The SMILES string of the molecule is CC(CCN)COc1cccc(C(C)(C)C)c1. The fourth-order valence-corrected chi connectivity index (χ4v) is 1.66. The van der Waals surface area contributed by atoms with E-state index in [0.29, 0.717) is 5.92 Å². The fraction of sp³-hybridized carbons (Fsp3) is 0.600. The van der Waals surface area contributed by atoms with E-state index in [1.807, 2.05) is 6.07 Å². The molecule has 2 nitrogen and oxygen atoms in total. The average Bonchev–Trinajstić information content (AvgIpc) is 2.26. The van der Waals surface area contributed by atoms with Gasteiger partial charge in [0.2, 0.25) is 0 Å². The molecule has 2 heteroatoms. The van der Waals surface area contributed by atoms with Crippen molar-refractivity contribution in [2.24, 2.45) is 11.7 Å². The van der Waals surface area contributed by atoms with Crippen LogP contribution in [-0.4, -0.2) is 13.2 Å². The molecule has 0 bridgehead atoms. The summed E-state index contributed by atoms with van der Waals surface area (Å²) in [5.41, 5.74) is 7.00. The average molecular weight is 235 g/mol. The Morgan fingerprint density at radius 1 is 1.29 bits per heavy atom. The molecule has 1 unspecified atom stereocenters. The molecule has 1 rings (SSSR count). The van der Waals surface area contributed by atoms with Gasteiger partial charge >= 0.3 is 0 Å². The summed E-state index contributed by atoms with van der Waals surface area (Å²) in [6, 6.07) is 8.36. The molecule has 0 fully saturated rings. The smallest absolute Gasteiger partial charge is 0.119 e. The highest BCUT2D eigenvalue weighted by atomic mass is 16.5. The van der Waals surface area contributed by atoms with Crippen molar-refractivity contribution in [2.45, 2.75) is 39.5 Å². The molecule has 1 aromatic rings. The first-order valence-corrected chi connectivity index (χ1v) is 6.37. The molecule has 0 radical (unpaired) electrons. The Morgan fingerprint density at radius 3 is 2.59 bits per heavy atom. The zero-order valence-corrected chi connectivity index (χ0v) is 11.5. The first kappa shape index (κ1) is 14.0. The first-order valence-electron chi connectivity index (χ1n) is 6.37. The van der Waals surface area contributed by atoms with E-state index in [9.17, 15) is 0 Å². The van der Waals surface area contributed by atoms with Gasteiger partial charge in [-0.15, -0.1) is 0 Å². The maximum absolute atomic E-state index is 5.80. The lowest BCUT2D eigenvalue weighted by molar-refractivity contribution is 0.253. The van der Waals surface area contributed by atoms with Crippen LogP contribution < -0.4 is 10.5 Å². The Balaban J connectivity index is 2.60. The van der Waals surface area contributed by atoms with E-state index in [1.165, 1.54) is 5.56 Å². The van der Waals surface area contributed by atoms with Crippen LogP contribution in [0.3, 0.4) is 0 Å². The molecule has 1 aromatic carbocycles. The second kappa shape index (κ2) is 6.06. The molecule has 17 heavy (non-hydrogen) atoms. The second-order valence-corrected chi connectivity index (χ2v) is 5.77. The van der Waals surface area contributed by atoms with Gasteiger partial charge in [0.1, 0.15) is 5.75 Å². The second-order valence-electron chi connectivity index (χ2n) is 5.77. The van der Waals surface area contributed by atoms with Crippen molar-refractivity contribution in [2.75, 3.05) is 13.2 Å². The van der Waals surface area contributed by atoms with E-state index in [2.05, 4.69) is 45.9 Å². The van der Waals surface area contributed by atoms with Crippen LogP contribution in [0.15, 0.2) is 24.3 Å². The van der Waals surface area contributed by atoms with Crippen molar-refractivity contribution in [3.8, 4) is 5.75 Å². The lowest BCUT2D eigenvalue weighted by Gasteiger charge is -2.20. The monoisotopic (exact) mass is 235 g/mol. The summed E-state index contributed by atoms with van der Waals surface area (Å²) in [7, 11) is 0. The molecule has 0 saturated carbocycles. The molecular weight excluding hydrogens is 210 g/mol. The lowest BCUT2D eigenvalue weighted by Crippen LogP contribution is -2.14. The highest BCUT2D eigenvalue weighted by Gasteiger charge is 2.14. The Bertz CT molecular complexity index is 341. The largest absolute Gasteiger partial charge is 0.493 e. The van der Waals surface area contributed by atoms with Gasteiger partial charge in [0, 0.05) is 0 Å². The number of ether oxygens (including phenoxy) is 1. The van der Waals surface area contributed by atoms with E-state index >= 15 is 0 Å². The highest BCUT2D eigenvalue weighted by Crippen LogP contribution is 2.25. The zero-order chi connectivity index (χ0) is 12.9. The summed E-state index contributed by atoms with van der Waals surface area (Å²) in [4.78, 5) is 0. The van der Waals surface area contributed by atoms with Crippen LogP contribution in [0.5, 0.6) is 5.75 Å². The van der Waals surface area contributed by atoms with Crippen molar-refractivity contribution in [1.82, 2.24) is 0 Å². The van der Waals surface area contributed by atoms with Crippen LogP contribution >= 0.6 is 0 Å². The molecule has 0 aliphatic rings. The summed E-state index contributed by atoms with van der Waals surface area (Å²) in [6.45, 7) is 10.3. The van der Waals surface area contributed by atoms with Crippen molar-refractivity contribution < 1.29 is 4.74 Å². The maximum atomic E-state index is 5.80. The molecular formula is C15H25NO. The van der Waals surface area contributed by atoms with Crippen LogP contribution in [-0.2, 0) is 5.41 Å². The summed E-state index contributed by atoms with van der Waals surface area (Å²) in [5, 5.41) is 0. The predicted molar refractivity (Wildman–Crippen MR) is 73.5 cm³/mol. The van der Waals surface area contributed by atoms with Crippen molar-refractivity contribution in [3.63, 3.8) is 0 Å². The normalized spacial score (nSPS) is 13.5. The van der Waals surface area contributed by atoms with Gasteiger partial charge in [-0.05, 0) is 42.0 Å².